The Labute approximate surface area is 87.4 Å². The van der Waals surface area contributed by atoms with Gasteiger partial charge in [-0.2, -0.15) is 0 Å². The van der Waals surface area contributed by atoms with E-state index in [9.17, 15) is 0 Å². The number of hydrogen-bond donors (Lipinski definition) is 1. The van der Waals surface area contributed by atoms with Crippen molar-refractivity contribution in [2.45, 2.75) is 38.5 Å². The molecule has 82 valence electrons. The Bertz CT molecular complexity index is 150. The van der Waals surface area contributed by atoms with Gasteiger partial charge in [0.05, 0.1) is 6.61 Å². The molecule has 0 aromatic carbocycles. The third-order valence-electron chi connectivity index (χ3n) is 3.65. The smallest absolute Gasteiger partial charge is 0.0506 e. The van der Waals surface area contributed by atoms with Crippen LogP contribution in [-0.2, 0) is 4.74 Å². The van der Waals surface area contributed by atoms with E-state index in [4.69, 9.17) is 4.74 Å². The normalized spacial score (nSPS) is 28.7. The van der Waals surface area contributed by atoms with Crippen LogP contribution >= 0.6 is 0 Å². The molecular formula is C12H23NO. The highest BCUT2D eigenvalue weighted by molar-refractivity contribution is 4.70. The highest BCUT2D eigenvalue weighted by Crippen LogP contribution is 2.29. The summed E-state index contributed by atoms with van der Waals surface area (Å²) in [4.78, 5) is 0. The van der Waals surface area contributed by atoms with Crippen LogP contribution in [0.1, 0.15) is 38.5 Å². The lowest BCUT2D eigenvalue weighted by atomic mass is 9.83. The minimum Gasteiger partial charge on any atom is -0.381 e. The Morgan fingerprint density at radius 2 is 1.93 bits per heavy atom. The van der Waals surface area contributed by atoms with Crippen molar-refractivity contribution in [3.8, 4) is 0 Å². The third-order valence-corrected chi connectivity index (χ3v) is 3.65. The van der Waals surface area contributed by atoms with Gasteiger partial charge in [0, 0.05) is 13.2 Å². The molecule has 1 aliphatic carbocycles. The Kier molecular flexibility index (Phi) is 4.26. The summed E-state index contributed by atoms with van der Waals surface area (Å²) >= 11 is 0. The summed E-state index contributed by atoms with van der Waals surface area (Å²) in [5, 5.41) is 3.43. The molecule has 1 heterocycles. The van der Waals surface area contributed by atoms with Crippen molar-refractivity contribution in [3.05, 3.63) is 0 Å². The Morgan fingerprint density at radius 1 is 1.07 bits per heavy atom. The Hall–Kier alpha value is -0.0800. The number of piperidine rings is 1. The first-order valence-electron chi connectivity index (χ1n) is 6.23. The maximum Gasteiger partial charge on any atom is 0.0506 e. The molecule has 0 radical (unpaired) electrons. The molecule has 0 amide bonds. The number of hydrogen-bond acceptors (Lipinski definition) is 2. The van der Waals surface area contributed by atoms with E-state index < -0.39 is 0 Å². The van der Waals surface area contributed by atoms with Crippen LogP contribution in [0.15, 0.2) is 0 Å². The van der Waals surface area contributed by atoms with Crippen molar-refractivity contribution < 1.29 is 4.74 Å². The molecule has 2 rings (SSSR count). The standard InChI is InChI=1S/C12H23NO/c1-3-11(4-1)6-8-14-10-12-5-2-7-13-9-12/h11-13H,1-10H2. The predicted molar refractivity (Wildman–Crippen MR) is 58.4 cm³/mol. The molecule has 0 aromatic rings. The lowest BCUT2D eigenvalue weighted by Crippen LogP contribution is -2.32. The summed E-state index contributed by atoms with van der Waals surface area (Å²) in [5.41, 5.74) is 0. The summed E-state index contributed by atoms with van der Waals surface area (Å²) < 4.78 is 5.74. The largest absolute Gasteiger partial charge is 0.381 e. The van der Waals surface area contributed by atoms with Gasteiger partial charge in [0.25, 0.3) is 0 Å². The van der Waals surface area contributed by atoms with Crippen LogP contribution in [0, 0.1) is 11.8 Å². The van der Waals surface area contributed by atoms with Gasteiger partial charge in [0.15, 0.2) is 0 Å². The van der Waals surface area contributed by atoms with Crippen LogP contribution < -0.4 is 5.32 Å². The highest BCUT2D eigenvalue weighted by Gasteiger charge is 2.17. The first-order valence-corrected chi connectivity index (χ1v) is 6.23. The van der Waals surface area contributed by atoms with Gasteiger partial charge in [0.2, 0.25) is 0 Å². The minimum absolute atomic E-state index is 0.783. The number of rotatable bonds is 5. The van der Waals surface area contributed by atoms with E-state index in [1.54, 1.807) is 0 Å². The quantitative estimate of drug-likeness (QED) is 0.682. The van der Waals surface area contributed by atoms with E-state index in [0.717, 1.165) is 25.0 Å². The van der Waals surface area contributed by atoms with E-state index in [0.29, 0.717) is 0 Å². The molecule has 1 saturated carbocycles. The first-order chi connectivity index (χ1) is 6.95. The van der Waals surface area contributed by atoms with Crippen molar-refractivity contribution in [1.82, 2.24) is 5.32 Å². The maximum absolute atomic E-state index is 5.74. The molecular weight excluding hydrogens is 174 g/mol. The topological polar surface area (TPSA) is 21.3 Å². The molecule has 2 nitrogen and oxygen atoms in total. The van der Waals surface area contributed by atoms with Crippen molar-refractivity contribution in [2.75, 3.05) is 26.3 Å². The Balaban J connectivity index is 1.45. The van der Waals surface area contributed by atoms with Gasteiger partial charge in [-0.25, -0.2) is 0 Å². The summed E-state index contributed by atoms with van der Waals surface area (Å²) in [6.07, 6.45) is 8.35. The van der Waals surface area contributed by atoms with E-state index in [1.807, 2.05) is 0 Å². The number of nitrogens with one attached hydrogen (secondary N) is 1. The fourth-order valence-corrected chi connectivity index (χ4v) is 2.35. The van der Waals surface area contributed by atoms with Crippen molar-refractivity contribution >= 4 is 0 Å². The third kappa shape index (κ3) is 3.25. The molecule has 2 heteroatoms. The molecule has 14 heavy (non-hydrogen) atoms. The summed E-state index contributed by atoms with van der Waals surface area (Å²) in [7, 11) is 0. The summed E-state index contributed by atoms with van der Waals surface area (Å²) in [6.45, 7) is 4.36. The SMILES string of the molecule is C1CC(CCOCC2CCCNC2)C1. The van der Waals surface area contributed by atoms with Crippen molar-refractivity contribution in [2.24, 2.45) is 11.8 Å². The molecule has 1 unspecified atom stereocenters. The fraction of sp³-hybridized carbons (Fsp3) is 1.00. The molecule has 1 saturated heterocycles. The molecule has 0 spiro atoms. The second kappa shape index (κ2) is 5.72. The van der Waals surface area contributed by atoms with Gasteiger partial charge >= 0.3 is 0 Å². The average molecular weight is 197 g/mol. The molecule has 2 fully saturated rings. The Morgan fingerprint density at radius 3 is 2.57 bits per heavy atom. The van der Waals surface area contributed by atoms with Gasteiger partial charge in [-0.3, -0.25) is 0 Å². The lowest BCUT2D eigenvalue weighted by Gasteiger charge is -2.26. The molecule has 0 bridgehead atoms. The van der Waals surface area contributed by atoms with E-state index in [2.05, 4.69) is 5.32 Å². The molecule has 2 aliphatic rings. The zero-order valence-electron chi connectivity index (χ0n) is 9.13. The van der Waals surface area contributed by atoms with Gasteiger partial charge in [-0.15, -0.1) is 0 Å². The predicted octanol–water partition coefficient (Wildman–Crippen LogP) is 2.19. The van der Waals surface area contributed by atoms with Crippen LogP contribution in [0.3, 0.4) is 0 Å². The first kappa shape index (κ1) is 10.4. The summed E-state index contributed by atoms with van der Waals surface area (Å²) in [6, 6.07) is 0. The molecule has 1 aliphatic heterocycles. The molecule has 0 aromatic heterocycles. The second-order valence-electron chi connectivity index (χ2n) is 4.87. The zero-order valence-corrected chi connectivity index (χ0v) is 9.13. The fourth-order valence-electron chi connectivity index (χ4n) is 2.35. The van der Waals surface area contributed by atoms with Gasteiger partial charge in [-0.05, 0) is 37.6 Å². The van der Waals surface area contributed by atoms with Gasteiger partial charge < -0.3 is 10.1 Å². The molecule has 1 atom stereocenters. The zero-order chi connectivity index (χ0) is 9.64. The maximum atomic E-state index is 5.74. The van der Waals surface area contributed by atoms with Crippen molar-refractivity contribution in [1.29, 1.82) is 0 Å². The van der Waals surface area contributed by atoms with Crippen LogP contribution in [0.5, 0.6) is 0 Å². The van der Waals surface area contributed by atoms with Crippen molar-refractivity contribution in [3.63, 3.8) is 0 Å². The van der Waals surface area contributed by atoms with Gasteiger partial charge in [-0.1, -0.05) is 19.3 Å². The average Bonchev–Trinajstić information content (AvgIpc) is 2.16. The van der Waals surface area contributed by atoms with E-state index in [-0.39, 0.29) is 0 Å². The monoisotopic (exact) mass is 197 g/mol. The van der Waals surface area contributed by atoms with Gasteiger partial charge in [0.1, 0.15) is 0 Å². The van der Waals surface area contributed by atoms with Crippen LogP contribution in [0.25, 0.3) is 0 Å². The lowest BCUT2D eigenvalue weighted by molar-refractivity contribution is 0.0718. The van der Waals surface area contributed by atoms with Crippen LogP contribution in [-0.4, -0.2) is 26.3 Å². The summed E-state index contributed by atoms with van der Waals surface area (Å²) in [5.74, 6) is 1.78. The van der Waals surface area contributed by atoms with E-state index in [1.165, 1.54) is 51.6 Å². The van der Waals surface area contributed by atoms with Crippen LogP contribution in [0.4, 0.5) is 0 Å². The second-order valence-corrected chi connectivity index (χ2v) is 4.87. The highest BCUT2D eigenvalue weighted by atomic mass is 16.5. The molecule has 1 N–H and O–H groups in total. The minimum atomic E-state index is 0.783. The number of ether oxygens (including phenoxy) is 1. The van der Waals surface area contributed by atoms with E-state index >= 15 is 0 Å². The van der Waals surface area contributed by atoms with Crippen LogP contribution in [0.2, 0.25) is 0 Å².